The number of aryl methyl sites for hydroxylation is 1. The molecular weight excluding hydrogens is 362 g/mol. The molecule has 0 saturated heterocycles. The third-order valence-electron chi connectivity index (χ3n) is 4.22. The van der Waals surface area contributed by atoms with Crippen molar-refractivity contribution in [1.82, 2.24) is 4.98 Å². The average molecular weight is 384 g/mol. The zero-order chi connectivity index (χ0) is 16.2. The molecule has 0 radical (unpaired) electrons. The van der Waals surface area contributed by atoms with Crippen LogP contribution in [-0.2, 0) is 4.79 Å². The molecule has 1 aliphatic rings. The molecule has 0 aliphatic heterocycles. The lowest BCUT2D eigenvalue weighted by atomic mass is 9.95. The van der Waals surface area contributed by atoms with Gasteiger partial charge in [-0.1, -0.05) is 18.2 Å². The molecule has 3 rings (SSSR count). The van der Waals surface area contributed by atoms with Crippen LogP contribution >= 0.6 is 35.5 Å². The van der Waals surface area contributed by atoms with Gasteiger partial charge < -0.3 is 11.1 Å². The highest BCUT2D eigenvalue weighted by molar-refractivity contribution is 8.01. The molecule has 0 unspecified atom stereocenters. The first kappa shape index (κ1) is 19.2. The number of hydrogen-bond donors (Lipinski definition) is 2. The Kier molecular flexibility index (Phi) is 7.10. The molecule has 1 saturated carbocycles. The summed E-state index contributed by atoms with van der Waals surface area (Å²) in [6.07, 6.45) is 3.12. The van der Waals surface area contributed by atoms with E-state index >= 15 is 0 Å². The second-order valence-corrected chi connectivity index (χ2v) is 8.08. The van der Waals surface area contributed by atoms with Gasteiger partial charge in [0.05, 0.1) is 0 Å². The molecule has 1 fully saturated rings. The lowest BCUT2D eigenvalue weighted by Gasteiger charge is -2.17. The Morgan fingerprint density at radius 2 is 2.12 bits per heavy atom. The van der Waals surface area contributed by atoms with Crippen molar-refractivity contribution < 1.29 is 4.79 Å². The van der Waals surface area contributed by atoms with Crippen LogP contribution in [0.2, 0.25) is 0 Å². The molecule has 0 bridgehead atoms. The summed E-state index contributed by atoms with van der Waals surface area (Å²) in [6, 6.07) is 7.94. The van der Waals surface area contributed by atoms with Crippen LogP contribution in [0.4, 0.5) is 5.69 Å². The molecule has 24 heavy (non-hydrogen) atoms. The summed E-state index contributed by atoms with van der Waals surface area (Å²) in [4.78, 5) is 18.0. The van der Waals surface area contributed by atoms with Crippen molar-refractivity contribution in [3.05, 3.63) is 35.3 Å². The van der Waals surface area contributed by atoms with E-state index in [1.807, 2.05) is 36.6 Å². The van der Waals surface area contributed by atoms with Crippen LogP contribution in [0.25, 0.3) is 0 Å². The Morgan fingerprint density at radius 3 is 2.75 bits per heavy atom. The van der Waals surface area contributed by atoms with Gasteiger partial charge in [0.1, 0.15) is 0 Å². The Balaban J connectivity index is 0.00000208. The minimum absolute atomic E-state index is 0. The van der Waals surface area contributed by atoms with E-state index < -0.39 is 0 Å². The summed E-state index contributed by atoms with van der Waals surface area (Å²) >= 11 is 3.29. The molecule has 1 amide bonds. The molecule has 3 N–H and O–H groups in total. The standard InChI is InChI=1S/C17H21N3OS2.ClH/c1-11-10-22-17(19-11)23-14-7-5-13(6-8-14)20-16(21)15-4-2-3-12(15)9-18;/h5-8,10,12,15H,2-4,9,18H2,1H3,(H,20,21);1H/t12-,15-;/m1./s1. The van der Waals surface area contributed by atoms with E-state index in [2.05, 4.69) is 10.3 Å². The van der Waals surface area contributed by atoms with E-state index in [-0.39, 0.29) is 24.2 Å². The van der Waals surface area contributed by atoms with Crippen LogP contribution in [0, 0.1) is 18.8 Å². The molecule has 130 valence electrons. The van der Waals surface area contributed by atoms with Crippen LogP contribution in [-0.4, -0.2) is 17.4 Å². The van der Waals surface area contributed by atoms with E-state index in [4.69, 9.17) is 5.73 Å². The maximum absolute atomic E-state index is 12.4. The number of aromatic nitrogens is 1. The summed E-state index contributed by atoms with van der Waals surface area (Å²) in [5, 5.41) is 5.07. The van der Waals surface area contributed by atoms with Gasteiger partial charge in [0.25, 0.3) is 0 Å². The number of anilines is 1. The number of nitrogens with two attached hydrogens (primary N) is 1. The monoisotopic (exact) mass is 383 g/mol. The van der Waals surface area contributed by atoms with Crippen molar-refractivity contribution >= 4 is 47.1 Å². The number of halogens is 1. The van der Waals surface area contributed by atoms with Crippen LogP contribution < -0.4 is 11.1 Å². The molecule has 7 heteroatoms. The minimum Gasteiger partial charge on any atom is -0.330 e. The lowest BCUT2D eigenvalue weighted by Crippen LogP contribution is -2.29. The van der Waals surface area contributed by atoms with Crippen LogP contribution in [0.5, 0.6) is 0 Å². The van der Waals surface area contributed by atoms with Crippen molar-refractivity contribution in [1.29, 1.82) is 0 Å². The third kappa shape index (κ3) is 4.72. The third-order valence-corrected chi connectivity index (χ3v) is 6.29. The molecular formula is C17H22ClN3OS2. The number of benzene rings is 1. The molecule has 1 heterocycles. The highest BCUT2D eigenvalue weighted by Gasteiger charge is 2.31. The number of rotatable bonds is 5. The van der Waals surface area contributed by atoms with Crippen LogP contribution in [0.1, 0.15) is 25.0 Å². The van der Waals surface area contributed by atoms with Gasteiger partial charge in [-0.3, -0.25) is 4.79 Å². The molecule has 2 atom stereocenters. The van der Waals surface area contributed by atoms with E-state index in [0.717, 1.165) is 39.9 Å². The van der Waals surface area contributed by atoms with Gasteiger partial charge in [-0.25, -0.2) is 4.98 Å². The maximum atomic E-state index is 12.4. The van der Waals surface area contributed by atoms with Gasteiger partial charge in [0, 0.05) is 27.6 Å². The zero-order valence-corrected chi connectivity index (χ0v) is 16.0. The highest BCUT2D eigenvalue weighted by Crippen LogP contribution is 2.33. The van der Waals surface area contributed by atoms with E-state index in [1.165, 1.54) is 0 Å². The summed E-state index contributed by atoms with van der Waals surface area (Å²) < 4.78 is 1.04. The van der Waals surface area contributed by atoms with E-state index in [9.17, 15) is 4.79 Å². The van der Waals surface area contributed by atoms with Crippen molar-refractivity contribution in [3.63, 3.8) is 0 Å². The van der Waals surface area contributed by atoms with Crippen molar-refractivity contribution in [3.8, 4) is 0 Å². The van der Waals surface area contributed by atoms with Gasteiger partial charge in [-0.05, 0) is 56.5 Å². The van der Waals surface area contributed by atoms with Gasteiger partial charge in [-0.2, -0.15) is 0 Å². The minimum atomic E-state index is 0. The molecule has 1 aromatic carbocycles. The molecule has 1 aromatic heterocycles. The second kappa shape index (κ2) is 8.85. The smallest absolute Gasteiger partial charge is 0.227 e. The predicted molar refractivity (Wildman–Crippen MR) is 103 cm³/mol. The fourth-order valence-electron chi connectivity index (χ4n) is 2.99. The van der Waals surface area contributed by atoms with Crippen LogP contribution in [0.3, 0.4) is 0 Å². The predicted octanol–water partition coefficient (Wildman–Crippen LogP) is 4.34. The van der Waals surface area contributed by atoms with Gasteiger partial charge in [0.15, 0.2) is 4.34 Å². The maximum Gasteiger partial charge on any atom is 0.227 e. The summed E-state index contributed by atoms with van der Waals surface area (Å²) in [5.74, 6) is 0.499. The largest absolute Gasteiger partial charge is 0.330 e. The SMILES string of the molecule is Cc1csc(Sc2ccc(NC(=O)[C@@H]3CCC[C@@H]3CN)cc2)n1.Cl. The Bertz CT molecular complexity index is 675. The quantitative estimate of drug-likeness (QED) is 0.805. The lowest BCUT2D eigenvalue weighted by molar-refractivity contribution is -0.120. The van der Waals surface area contributed by atoms with Crippen LogP contribution in [0.15, 0.2) is 38.9 Å². The second-order valence-electron chi connectivity index (χ2n) is 5.90. The molecule has 0 spiro atoms. The summed E-state index contributed by atoms with van der Waals surface area (Å²) in [6.45, 7) is 2.59. The normalized spacial score (nSPS) is 19.8. The number of carbonyl (C=O) groups is 1. The summed E-state index contributed by atoms with van der Waals surface area (Å²) in [7, 11) is 0. The Labute approximate surface area is 157 Å². The number of thiazole rings is 1. The first-order chi connectivity index (χ1) is 11.2. The van der Waals surface area contributed by atoms with E-state index in [0.29, 0.717) is 12.5 Å². The zero-order valence-electron chi connectivity index (χ0n) is 13.5. The summed E-state index contributed by atoms with van der Waals surface area (Å²) in [5.41, 5.74) is 7.66. The molecule has 2 aromatic rings. The fourth-order valence-corrected chi connectivity index (χ4v) is 4.80. The number of nitrogens with zero attached hydrogens (tertiary/aromatic N) is 1. The topological polar surface area (TPSA) is 68.0 Å². The van der Waals surface area contributed by atoms with Gasteiger partial charge in [0.2, 0.25) is 5.91 Å². The number of amides is 1. The fraction of sp³-hybridized carbons (Fsp3) is 0.412. The molecule has 4 nitrogen and oxygen atoms in total. The van der Waals surface area contributed by atoms with Crippen molar-refractivity contribution in [2.24, 2.45) is 17.6 Å². The van der Waals surface area contributed by atoms with E-state index in [1.54, 1.807) is 23.1 Å². The van der Waals surface area contributed by atoms with Crippen molar-refractivity contribution in [2.75, 3.05) is 11.9 Å². The average Bonchev–Trinajstić information content (AvgIpc) is 3.18. The number of nitrogens with one attached hydrogen (secondary N) is 1. The number of carbonyl (C=O) groups excluding carboxylic acids is 1. The first-order valence-corrected chi connectivity index (χ1v) is 9.56. The van der Waals surface area contributed by atoms with Gasteiger partial charge in [-0.15, -0.1) is 23.7 Å². The number of hydrogen-bond acceptors (Lipinski definition) is 5. The van der Waals surface area contributed by atoms with Gasteiger partial charge >= 0.3 is 0 Å². The first-order valence-electron chi connectivity index (χ1n) is 7.86. The molecule has 1 aliphatic carbocycles. The highest BCUT2D eigenvalue weighted by atomic mass is 35.5. The Morgan fingerprint density at radius 1 is 1.38 bits per heavy atom. The Hall–Kier alpha value is -1.08. The van der Waals surface area contributed by atoms with Crippen molar-refractivity contribution in [2.45, 2.75) is 35.4 Å².